The van der Waals surface area contributed by atoms with Gasteiger partial charge in [0.1, 0.15) is 12.1 Å². The molecule has 23 heavy (non-hydrogen) atoms. The first-order valence-corrected chi connectivity index (χ1v) is 7.44. The second-order valence-corrected chi connectivity index (χ2v) is 5.51. The maximum atomic E-state index is 13.4. The molecule has 1 atom stereocenters. The van der Waals surface area contributed by atoms with Crippen LogP contribution in [0.5, 0.6) is 0 Å². The Bertz CT molecular complexity index is 653. The van der Waals surface area contributed by atoms with E-state index in [-0.39, 0.29) is 6.04 Å². The molecule has 2 aromatic heterocycles. The summed E-state index contributed by atoms with van der Waals surface area (Å²) in [6.45, 7) is 4.56. The third-order valence-electron chi connectivity index (χ3n) is 3.81. The second-order valence-electron chi connectivity index (χ2n) is 5.51. The molecular formula is C15H19FN6O. The number of rotatable bonds is 4. The number of aryl methyl sites for hydroxylation is 1. The molecule has 0 spiro atoms. The summed E-state index contributed by atoms with van der Waals surface area (Å²) in [5.41, 5.74) is 1.03. The van der Waals surface area contributed by atoms with Gasteiger partial charge in [-0.15, -0.1) is 0 Å². The van der Waals surface area contributed by atoms with Crippen molar-refractivity contribution >= 4 is 11.8 Å². The van der Waals surface area contributed by atoms with Gasteiger partial charge in [-0.2, -0.15) is 4.39 Å². The molecule has 0 radical (unpaired) electrons. The van der Waals surface area contributed by atoms with Gasteiger partial charge in [0, 0.05) is 45.2 Å². The maximum absolute atomic E-state index is 13.4. The fraction of sp³-hybridized carbons (Fsp3) is 0.467. The van der Waals surface area contributed by atoms with Gasteiger partial charge in [-0.3, -0.25) is 0 Å². The van der Waals surface area contributed by atoms with E-state index in [9.17, 15) is 4.39 Å². The first-order valence-electron chi connectivity index (χ1n) is 7.44. The number of hydrogen-bond donors (Lipinski definition) is 0. The van der Waals surface area contributed by atoms with E-state index in [0.717, 1.165) is 12.1 Å². The zero-order chi connectivity index (χ0) is 16.2. The number of anilines is 2. The Kier molecular flexibility index (Phi) is 4.61. The molecule has 0 amide bonds. The van der Waals surface area contributed by atoms with Gasteiger partial charge in [-0.25, -0.2) is 19.9 Å². The van der Waals surface area contributed by atoms with Crippen LogP contribution in [0, 0.1) is 12.9 Å². The summed E-state index contributed by atoms with van der Waals surface area (Å²) in [7, 11) is 1.65. The van der Waals surface area contributed by atoms with Crippen molar-refractivity contribution in [2.24, 2.45) is 0 Å². The summed E-state index contributed by atoms with van der Waals surface area (Å²) in [5, 5.41) is 0. The van der Waals surface area contributed by atoms with Crippen LogP contribution in [0.2, 0.25) is 0 Å². The molecule has 0 aromatic carbocycles. The van der Waals surface area contributed by atoms with Crippen molar-refractivity contribution in [1.29, 1.82) is 0 Å². The van der Waals surface area contributed by atoms with Crippen molar-refractivity contribution in [3.63, 3.8) is 0 Å². The largest absolute Gasteiger partial charge is 0.382 e. The molecular weight excluding hydrogens is 299 g/mol. The highest BCUT2D eigenvalue weighted by Gasteiger charge is 2.29. The fourth-order valence-corrected chi connectivity index (χ4v) is 2.70. The predicted molar refractivity (Wildman–Crippen MR) is 84.0 cm³/mol. The van der Waals surface area contributed by atoms with Crippen LogP contribution in [-0.2, 0) is 4.74 Å². The van der Waals surface area contributed by atoms with Crippen molar-refractivity contribution in [3.05, 3.63) is 36.3 Å². The zero-order valence-electron chi connectivity index (χ0n) is 13.2. The van der Waals surface area contributed by atoms with Crippen LogP contribution in [0.1, 0.15) is 5.56 Å². The molecule has 0 N–H and O–H groups in total. The molecule has 1 aliphatic heterocycles. The zero-order valence-corrected chi connectivity index (χ0v) is 13.2. The van der Waals surface area contributed by atoms with Crippen LogP contribution >= 0.6 is 0 Å². The van der Waals surface area contributed by atoms with Crippen LogP contribution in [0.15, 0.2) is 24.8 Å². The summed E-state index contributed by atoms with van der Waals surface area (Å²) in [5.74, 6) is 0.740. The van der Waals surface area contributed by atoms with Crippen LogP contribution < -0.4 is 9.80 Å². The van der Waals surface area contributed by atoms with E-state index in [4.69, 9.17) is 4.74 Å². The molecule has 1 saturated heterocycles. The van der Waals surface area contributed by atoms with Gasteiger partial charge >= 0.3 is 0 Å². The van der Waals surface area contributed by atoms with E-state index in [1.54, 1.807) is 19.5 Å². The Hall–Kier alpha value is -2.35. The maximum Gasteiger partial charge on any atom is 0.225 e. The molecule has 3 rings (SSSR count). The monoisotopic (exact) mass is 318 g/mol. The Balaban J connectivity index is 1.79. The van der Waals surface area contributed by atoms with E-state index in [1.807, 2.05) is 11.8 Å². The number of methoxy groups -OCH3 is 1. The summed E-state index contributed by atoms with van der Waals surface area (Å²) < 4.78 is 18.7. The molecule has 0 aliphatic carbocycles. The van der Waals surface area contributed by atoms with Crippen molar-refractivity contribution in [2.45, 2.75) is 13.0 Å². The molecule has 1 fully saturated rings. The summed E-state index contributed by atoms with van der Waals surface area (Å²) in [4.78, 5) is 20.6. The number of ether oxygens (including phenoxy) is 1. The number of aromatic nitrogens is 4. The Morgan fingerprint density at radius 2 is 2.00 bits per heavy atom. The summed E-state index contributed by atoms with van der Waals surface area (Å²) in [6, 6.07) is 1.38. The quantitative estimate of drug-likeness (QED) is 0.781. The molecule has 3 heterocycles. The Morgan fingerprint density at radius 3 is 2.70 bits per heavy atom. The molecule has 1 aliphatic rings. The van der Waals surface area contributed by atoms with Gasteiger partial charge in [0.2, 0.25) is 11.9 Å². The Morgan fingerprint density at radius 1 is 1.22 bits per heavy atom. The smallest absolute Gasteiger partial charge is 0.225 e. The van der Waals surface area contributed by atoms with Gasteiger partial charge in [0.05, 0.1) is 12.6 Å². The topological polar surface area (TPSA) is 67.3 Å². The fourth-order valence-electron chi connectivity index (χ4n) is 2.70. The lowest BCUT2D eigenvalue weighted by molar-refractivity contribution is 0.173. The number of piperazine rings is 1. The highest BCUT2D eigenvalue weighted by atomic mass is 19.1. The van der Waals surface area contributed by atoms with E-state index in [0.29, 0.717) is 31.5 Å². The van der Waals surface area contributed by atoms with E-state index >= 15 is 0 Å². The third kappa shape index (κ3) is 3.53. The molecule has 0 bridgehead atoms. The first kappa shape index (κ1) is 15.5. The van der Waals surface area contributed by atoms with Gasteiger partial charge < -0.3 is 14.5 Å². The molecule has 7 nitrogen and oxygen atoms in total. The van der Waals surface area contributed by atoms with Gasteiger partial charge in [-0.1, -0.05) is 0 Å². The lowest BCUT2D eigenvalue weighted by Crippen LogP contribution is -2.56. The summed E-state index contributed by atoms with van der Waals surface area (Å²) >= 11 is 0. The minimum Gasteiger partial charge on any atom is -0.382 e. The number of nitrogens with zero attached hydrogens (tertiary/aromatic N) is 6. The van der Waals surface area contributed by atoms with Gasteiger partial charge in [-0.05, 0) is 12.5 Å². The van der Waals surface area contributed by atoms with Crippen molar-refractivity contribution < 1.29 is 9.13 Å². The van der Waals surface area contributed by atoms with E-state index in [1.165, 1.54) is 12.4 Å². The van der Waals surface area contributed by atoms with Crippen LogP contribution in [0.4, 0.5) is 16.2 Å². The third-order valence-corrected chi connectivity index (χ3v) is 3.81. The SMILES string of the molecule is COCC1CN(c2ncc(C)cn2)CCN1c1cc(F)ncn1. The van der Waals surface area contributed by atoms with E-state index < -0.39 is 5.95 Å². The van der Waals surface area contributed by atoms with Gasteiger partial charge in [0.15, 0.2) is 0 Å². The number of hydrogen-bond acceptors (Lipinski definition) is 7. The standard InChI is InChI=1S/C15H19FN6O/c1-11-6-17-15(18-7-11)21-3-4-22(12(8-21)9-23-2)14-5-13(16)19-10-20-14/h5-7,10,12H,3-4,8-9H2,1-2H3. The van der Waals surface area contributed by atoms with Crippen LogP contribution in [0.3, 0.4) is 0 Å². The van der Waals surface area contributed by atoms with Crippen molar-refractivity contribution in [3.8, 4) is 0 Å². The molecule has 122 valence electrons. The highest BCUT2D eigenvalue weighted by molar-refractivity contribution is 5.43. The molecule has 8 heteroatoms. The minimum absolute atomic E-state index is 0.0351. The lowest BCUT2D eigenvalue weighted by Gasteiger charge is -2.41. The van der Waals surface area contributed by atoms with Crippen LogP contribution in [-0.4, -0.2) is 59.3 Å². The second kappa shape index (κ2) is 6.82. The predicted octanol–water partition coefficient (Wildman–Crippen LogP) is 1.06. The lowest BCUT2D eigenvalue weighted by atomic mass is 10.2. The van der Waals surface area contributed by atoms with Crippen LogP contribution in [0.25, 0.3) is 0 Å². The minimum atomic E-state index is -0.532. The summed E-state index contributed by atoms with van der Waals surface area (Å²) in [6.07, 6.45) is 4.85. The number of halogens is 1. The van der Waals surface area contributed by atoms with Gasteiger partial charge in [0.25, 0.3) is 0 Å². The molecule has 1 unspecified atom stereocenters. The first-order chi connectivity index (χ1) is 11.2. The van der Waals surface area contributed by atoms with Crippen molar-refractivity contribution in [1.82, 2.24) is 19.9 Å². The molecule has 0 saturated carbocycles. The average molecular weight is 318 g/mol. The van der Waals surface area contributed by atoms with Crippen molar-refractivity contribution in [2.75, 3.05) is 43.2 Å². The highest BCUT2D eigenvalue weighted by Crippen LogP contribution is 2.21. The molecule has 2 aromatic rings. The Labute approximate surface area is 134 Å². The normalized spacial score (nSPS) is 18.3. The van der Waals surface area contributed by atoms with E-state index in [2.05, 4.69) is 24.8 Å². The average Bonchev–Trinajstić information content (AvgIpc) is 2.56.